The van der Waals surface area contributed by atoms with E-state index in [1.165, 1.54) is 0 Å². The van der Waals surface area contributed by atoms with Crippen molar-refractivity contribution in [2.75, 3.05) is 0 Å². The number of ketones is 1. The van der Waals surface area contributed by atoms with Crippen molar-refractivity contribution >= 4 is 14.1 Å². The minimum Gasteiger partial charge on any atom is -0.543 e. The van der Waals surface area contributed by atoms with E-state index < -0.39 is 8.32 Å². The molecule has 5 heteroatoms. The first kappa shape index (κ1) is 17.5. The summed E-state index contributed by atoms with van der Waals surface area (Å²) in [7, 11) is -2.00. The Morgan fingerprint density at radius 1 is 1.26 bits per heavy atom. The molecule has 4 nitrogen and oxygen atoms in total. The highest BCUT2D eigenvalue weighted by molar-refractivity contribution is 6.74. The number of carbonyl (C=O) groups excluding carboxylic acids is 1. The first-order chi connectivity index (χ1) is 10.6. The Morgan fingerprint density at radius 2 is 1.91 bits per heavy atom. The highest BCUT2D eigenvalue weighted by Gasteiger charge is 2.39. The van der Waals surface area contributed by atoms with Crippen LogP contribution in [0.25, 0.3) is 0 Å². The van der Waals surface area contributed by atoms with Crippen molar-refractivity contribution in [1.82, 2.24) is 5.16 Å². The van der Waals surface area contributed by atoms with Gasteiger partial charge in [0.1, 0.15) is 11.5 Å². The van der Waals surface area contributed by atoms with E-state index >= 15 is 0 Å². The lowest BCUT2D eigenvalue weighted by Gasteiger charge is -2.36. The van der Waals surface area contributed by atoms with Gasteiger partial charge in [-0.25, -0.2) is 0 Å². The largest absolute Gasteiger partial charge is 0.543 e. The van der Waals surface area contributed by atoms with Gasteiger partial charge >= 0.3 is 0 Å². The minimum absolute atomic E-state index is 0.0181. The van der Waals surface area contributed by atoms with Crippen LogP contribution in [0.3, 0.4) is 0 Å². The van der Waals surface area contributed by atoms with E-state index in [1.54, 1.807) is 6.07 Å². The average Bonchev–Trinajstić information content (AvgIpc) is 2.83. The van der Waals surface area contributed by atoms with Crippen LogP contribution in [0.1, 0.15) is 42.6 Å². The summed E-state index contributed by atoms with van der Waals surface area (Å²) < 4.78 is 11.5. The molecule has 0 spiro atoms. The van der Waals surface area contributed by atoms with E-state index in [4.69, 9.17) is 8.95 Å². The molecule has 0 saturated carbocycles. The standard InChI is InChI=1S/C18H25NO3Si/c1-13-11-14(21-19-13)12-16(20)15-9-7-8-10-17(15)22-23(5,6)18(2,3)4/h7-11H,12H2,1-6H3. The maximum Gasteiger partial charge on any atom is 0.250 e. The topological polar surface area (TPSA) is 52.3 Å². The van der Waals surface area contributed by atoms with Crippen molar-refractivity contribution in [2.24, 2.45) is 0 Å². The zero-order valence-corrected chi connectivity index (χ0v) is 15.8. The van der Waals surface area contributed by atoms with E-state index in [9.17, 15) is 4.79 Å². The van der Waals surface area contributed by atoms with Crippen LogP contribution in [0.4, 0.5) is 0 Å². The third-order valence-corrected chi connectivity index (χ3v) is 8.71. The van der Waals surface area contributed by atoms with Crippen LogP contribution in [0.15, 0.2) is 34.9 Å². The van der Waals surface area contributed by atoms with Gasteiger partial charge in [-0.05, 0) is 37.2 Å². The fourth-order valence-electron chi connectivity index (χ4n) is 1.97. The number of carbonyl (C=O) groups is 1. The van der Waals surface area contributed by atoms with Crippen molar-refractivity contribution in [1.29, 1.82) is 0 Å². The molecule has 0 aliphatic rings. The third-order valence-electron chi connectivity index (χ3n) is 4.37. The number of aromatic nitrogens is 1. The Hall–Kier alpha value is -1.88. The van der Waals surface area contributed by atoms with Crippen LogP contribution in [0.5, 0.6) is 5.75 Å². The Labute approximate surface area is 139 Å². The molecule has 0 aliphatic carbocycles. The molecule has 0 fully saturated rings. The maximum absolute atomic E-state index is 12.6. The molecular formula is C18H25NO3Si. The summed E-state index contributed by atoms with van der Waals surface area (Å²) in [5, 5.41) is 3.90. The third kappa shape index (κ3) is 4.10. The second-order valence-corrected chi connectivity index (χ2v) is 12.1. The SMILES string of the molecule is Cc1cc(CC(=O)c2ccccc2O[Si](C)(C)C(C)(C)C)on1. The summed E-state index contributed by atoms with van der Waals surface area (Å²) in [6.07, 6.45) is 0.193. The number of Topliss-reactive ketones (excluding diaryl/α,β-unsaturated/α-hetero) is 1. The number of para-hydroxylation sites is 1. The molecule has 0 unspecified atom stereocenters. The second kappa shape index (κ2) is 6.32. The second-order valence-electron chi connectivity index (χ2n) is 7.39. The molecule has 1 heterocycles. The van der Waals surface area contributed by atoms with Gasteiger partial charge in [-0.2, -0.15) is 0 Å². The predicted octanol–water partition coefficient (Wildman–Crippen LogP) is 4.79. The van der Waals surface area contributed by atoms with Crippen molar-refractivity contribution < 1.29 is 13.7 Å². The van der Waals surface area contributed by atoms with Gasteiger partial charge in [-0.15, -0.1) is 0 Å². The summed E-state index contributed by atoms with van der Waals surface area (Å²) in [6.45, 7) is 12.7. The normalized spacial score (nSPS) is 12.3. The van der Waals surface area contributed by atoms with E-state index in [2.05, 4.69) is 39.0 Å². The summed E-state index contributed by atoms with van der Waals surface area (Å²) in [5.41, 5.74) is 1.38. The van der Waals surface area contributed by atoms with Crippen molar-refractivity contribution in [3.05, 3.63) is 47.3 Å². The molecule has 2 rings (SSSR count). The van der Waals surface area contributed by atoms with Crippen molar-refractivity contribution in [2.45, 2.75) is 52.2 Å². The van der Waals surface area contributed by atoms with Crippen LogP contribution in [-0.4, -0.2) is 19.3 Å². The molecule has 0 amide bonds. The van der Waals surface area contributed by atoms with Gasteiger partial charge in [0.05, 0.1) is 17.7 Å². The zero-order chi connectivity index (χ0) is 17.3. The number of hydrogen-bond acceptors (Lipinski definition) is 4. The highest BCUT2D eigenvalue weighted by atomic mass is 28.4. The van der Waals surface area contributed by atoms with Gasteiger partial charge in [0.25, 0.3) is 8.32 Å². The maximum atomic E-state index is 12.6. The molecule has 0 radical (unpaired) electrons. The van der Waals surface area contributed by atoms with Gasteiger partial charge in [-0.1, -0.05) is 38.1 Å². The van der Waals surface area contributed by atoms with Crippen LogP contribution in [0, 0.1) is 6.92 Å². The van der Waals surface area contributed by atoms with Crippen molar-refractivity contribution in [3.63, 3.8) is 0 Å². The Morgan fingerprint density at radius 3 is 2.48 bits per heavy atom. The fraction of sp³-hybridized carbons (Fsp3) is 0.444. The number of rotatable bonds is 5. The fourth-order valence-corrected chi connectivity index (χ4v) is 3.00. The molecule has 124 valence electrons. The summed E-state index contributed by atoms with van der Waals surface area (Å²) >= 11 is 0. The lowest BCUT2D eigenvalue weighted by Crippen LogP contribution is -2.44. The lowest BCUT2D eigenvalue weighted by molar-refractivity contribution is 0.0983. The number of aryl methyl sites for hydroxylation is 1. The quantitative estimate of drug-likeness (QED) is 0.584. The zero-order valence-electron chi connectivity index (χ0n) is 14.8. The monoisotopic (exact) mass is 331 g/mol. The molecule has 0 atom stereocenters. The van der Waals surface area contributed by atoms with E-state index in [0.29, 0.717) is 17.1 Å². The molecule has 0 bridgehead atoms. The molecular weight excluding hydrogens is 306 g/mol. The van der Waals surface area contributed by atoms with Crippen LogP contribution < -0.4 is 4.43 Å². The van der Waals surface area contributed by atoms with Crippen molar-refractivity contribution in [3.8, 4) is 5.75 Å². The number of nitrogens with zero attached hydrogens (tertiary/aromatic N) is 1. The van der Waals surface area contributed by atoms with Gasteiger partial charge in [-0.3, -0.25) is 4.79 Å². The summed E-state index contributed by atoms with van der Waals surface area (Å²) in [6, 6.07) is 9.23. The number of hydrogen-bond donors (Lipinski definition) is 0. The van der Waals surface area contributed by atoms with E-state index in [-0.39, 0.29) is 17.2 Å². The number of benzene rings is 1. The Kier molecular flexibility index (Phi) is 4.80. The predicted molar refractivity (Wildman–Crippen MR) is 93.5 cm³/mol. The summed E-state index contributed by atoms with van der Waals surface area (Å²) in [4.78, 5) is 12.6. The first-order valence-electron chi connectivity index (χ1n) is 7.83. The smallest absolute Gasteiger partial charge is 0.250 e. The lowest BCUT2D eigenvalue weighted by atomic mass is 10.1. The van der Waals surface area contributed by atoms with Gasteiger partial charge in [0, 0.05) is 6.07 Å². The Balaban J connectivity index is 2.25. The van der Waals surface area contributed by atoms with Gasteiger partial charge in [0.2, 0.25) is 0 Å². The molecule has 1 aromatic heterocycles. The molecule has 2 aromatic rings. The van der Waals surface area contributed by atoms with Gasteiger partial charge in [0.15, 0.2) is 5.78 Å². The first-order valence-corrected chi connectivity index (χ1v) is 10.7. The van der Waals surface area contributed by atoms with Crippen LogP contribution >= 0.6 is 0 Å². The average molecular weight is 331 g/mol. The van der Waals surface area contributed by atoms with Crippen LogP contribution in [-0.2, 0) is 6.42 Å². The van der Waals surface area contributed by atoms with E-state index in [0.717, 1.165) is 5.69 Å². The Bertz CT molecular complexity index is 698. The molecule has 0 aliphatic heterocycles. The molecule has 0 saturated heterocycles. The minimum atomic E-state index is -2.00. The molecule has 0 N–H and O–H groups in total. The molecule has 23 heavy (non-hydrogen) atoms. The van der Waals surface area contributed by atoms with E-state index in [1.807, 2.05) is 31.2 Å². The molecule has 1 aromatic carbocycles. The van der Waals surface area contributed by atoms with Gasteiger partial charge < -0.3 is 8.95 Å². The summed E-state index contributed by atoms with van der Waals surface area (Å²) in [5.74, 6) is 1.23. The van der Waals surface area contributed by atoms with Crippen LogP contribution in [0.2, 0.25) is 18.1 Å². The highest BCUT2D eigenvalue weighted by Crippen LogP contribution is 2.38.